The first-order valence-corrected chi connectivity index (χ1v) is 25.5. The Morgan fingerprint density at radius 2 is 0.610 bits per heavy atom. The predicted octanol–water partition coefficient (Wildman–Crippen LogP) is 16.5. The predicted molar refractivity (Wildman–Crippen MR) is 252 cm³/mol. The summed E-state index contributed by atoms with van der Waals surface area (Å²) >= 11 is 0. The molecule has 0 heterocycles. The lowest BCUT2D eigenvalue weighted by atomic mass is 10.0. The summed E-state index contributed by atoms with van der Waals surface area (Å²) in [5.74, 6) is -0.889. The number of esters is 3. The topological polar surface area (TPSA) is 78.9 Å². The van der Waals surface area contributed by atoms with Crippen molar-refractivity contribution in [3.63, 3.8) is 0 Å². The van der Waals surface area contributed by atoms with Crippen LogP contribution in [0, 0.1) is 0 Å². The molecule has 0 aromatic heterocycles. The van der Waals surface area contributed by atoms with Crippen molar-refractivity contribution in [1.29, 1.82) is 0 Å². The zero-order chi connectivity index (χ0) is 43.0. The van der Waals surface area contributed by atoms with Crippen LogP contribution in [0.25, 0.3) is 0 Å². The van der Waals surface area contributed by atoms with Crippen LogP contribution in [0.15, 0.2) is 36.5 Å². The van der Waals surface area contributed by atoms with Crippen LogP contribution >= 0.6 is 0 Å². The van der Waals surface area contributed by atoms with E-state index in [1.165, 1.54) is 141 Å². The van der Waals surface area contributed by atoms with Gasteiger partial charge in [-0.3, -0.25) is 14.4 Å². The minimum Gasteiger partial charge on any atom is -0.462 e. The average Bonchev–Trinajstić information content (AvgIpc) is 3.23. The van der Waals surface area contributed by atoms with Crippen LogP contribution in [0.4, 0.5) is 0 Å². The van der Waals surface area contributed by atoms with Gasteiger partial charge in [-0.2, -0.15) is 0 Å². The Hall–Kier alpha value is -2.37. The number of carbonyl (C=O) groups excluding carboxylic acids is 3. The second-order valence-corrected chi connectivity index (χ2v) is 17.1. The molecular weight excluding hydrogens is 733 g/mol. The SMILES string of the molecule is CCCCC/C=C\C/C=C\C/C=C\CCCCCCC(=O)OC[C@@H](COC(=O)CCCCCCCCCCCC)OC(=O)CCCCCCCCCCCCCCCC. The second kappa shape index (κ2) is 48.3. The zero-order valence-corrected chi connectivity index (χ0v) is 39.3. The highest BCUT2D eigenvalue weighted by molar-refractivity contribution is 5.71. The van der Waals surface area contributed by atoms with Gasteiger partial charge in [-0.15, -0.1) is 0 Å². The third kappa shape index (κ3) is 46.5. The molecule has 6 nitrogen and oxygen atoms in total. The van der Waals surface area contributed by atoms with E-state index in [1.807, 2.05) is 0 Å². The number of unbranched alkanes of at least 4 members (excludes halogenated alkanes) is 29. The van der Waals surface area contributed by atoms with Gasteiger partial charge in [0.15, 0.2) is 6.10 Å². The molecule has 0 amide bonds. The molecule has 0 aromatic carbocycles. The van der Waals surface area contributed by atoms with E-state index in [0.29, 0.717) is 19.3 Å². The highest BCUT2D eigenvalue weighted by Crippen LogP contribution is 2.15. The lowest BCUT2D eigenvalue weighted by Gasteiger charge is -2.18. The summed E-state index contributed by atoms with van der Waals surface area (Å²) in [6, 6.07) is 0. The minimum absolute atomic E-state index is 0.0756. The first-order valence-electron chi connectivity index (χ1n) is 25.5. The fourth-order valence-corrected chi connectivity index (χ4v) is 7.27. The van der Waals surface area contributed by atoms with Crippen molar-refractivity contribution in [2.24, 2.45) is 0 Å². The van der Waals surface area contributed by atoms with Crippen LogP contribution in [0.3, 0.4) is 0 Å². The van der Waals surface area contributed by atoms with Crippen LogP contribution in [0.5, 0.6) is 0 Å². The maximum Gasteiger partial charge on any atom is 0.306 e. The minimum atomic E-state index is -0.775. The fourth-order valence-electron chi connectivity index (χ4n) is 7.27. The van der Waals surface area contributed by atoms with Crippen LogP contribution in [-0.4, -0.2) is 37.2 Å². The van der Waals surface area contributed by atoms with E-state index in [0.717, 1.165) is 83.5 Å². The van der Waals surface area contributed by atoms with E-state index in [1.54, 1.807) is 0 Å². The lowest BCUT2D eigenvalue weighted by Crippen LogP contribution is -2.30. The highest BCUT2D eigenvalue weighted by atomic mass is 16.6. The molecule has 0 aromatic rings. The molecule has 1 atom stereocenters. The van der Waals surface area contributed by atoms with E-state index in [4.69, 9.17) is 14.2 Å². The van der Waals surface area contributed by atoms with E-state index in [-0.39, 0.29) is 31.1 Å². The molecule has 0 saturated heterocycles. The van der Waals surface area contributed by atoms with Crippen LogP contribution in [0.2, 0.25) is 0 Å². The van der Waals surface area contributed by atoms with Gasteiger partial charge in [0.25, 0.3) is 0 Å². The van der Waals surface area contributed by atoms with Crippen LogP contribution < -0.4 is 0 Å². The first kappa shape index (κ1) is 56.6. The van der Waals surface area contributed by atoms with Gasteiger partial charge in [0.05, 0.1) is 0 Å². The molecule has 0 rings (SSSR count). The molecule has 0 spiro atoms. The molecule has 0 radical (unpaired) electrons. The molecule has 6 heteroatoms. The number of ether oxygens (including phenoxy) is 3. The van der Waals surface area contributed by atoms with Crippen molar-refractivity contribution in [3.8, 4) is 0 Å². The number of carbonyl (C=O) groups is 3. The lowest BCUT2D eigenvalue weighted by molar-refractivity contribution is -0.167. The maximum atomic E-state index is 12.8. The number of rotatable bonds is 46. The third-order valence-corrected chi connectivity index (χ3v) is 11.1. The molecule has 0 aliphatic heterocycles. The Bertz CT molecular complexity index is 1000. The Labute approximate surface area is 365 Å². The molecule has 0 unspecified atom stereocenters. The molecular formula is C53H96O6. The Kier molecular flexibility index (Phi) is 46.4. The first-order chi connectivity index (χ1) is 29.0. The summed E-state index contributed by atoms with van der Waals surface area (Å²) in [5, 5.41) is 0. The van der Waals surface area contributed by atoms with Crippen molar-refractivity contribution in [1.82, 2.24) is 0 Å². The molecule has 0 N–H and O–H groups in total. The highest BCUT2D eigenvalue weighted by Gasteiger charge is 2.19. The van der Waals surface area contributed by atoms with Crippen molar-refractivity contribution in [2.75, 3.05) is 13.2 Å². The van der Waals surface area contributed by atoms with Crippen molar-refractivity contribution in [3.05, 3.63) is 36.5 Å². The van der Waals surface area contributed by atoms with Crippen molar-refractivity contribution < 1.29 is 28.6 Å². The summed E-state index contributed by atoms with van der Waals surface area (Å²) in [6.07, 6.45) is 55.5. The number of hydrogen-bond donors (Lipinski definition) is 0. The summed E-state index contributed by atoms with van der Waals surface area (Å²) < 4.78 is 16.8. The molecule has 0 aliphatic carbocycles. The van der Waals surface area contributed by atoms with Gasteiger partial charge >= 0.3 is 17.9 Å². The third-order valence-electron chi connectivity index (χ3n) is 11.1. The number of allylic oxidation sites excluding steroid dienone is 6. The summed E-state index contributed by atoms with van der Waals surface area (Å²) in [5.41, 5.74) is 0. The summed E-state index contributed by atoms with van der Waals surface area (Å²) in [4.78, 5) is 37.9. The summed E-state index contributed by atoms with van der Waals surface area (Å²) in [6.45, 7) is 6.60. The van der Waals surface area contributed by atoms with Gasteiger partial charge in [0, 0.05) is 19.3 Å². The van der Waals surface area contributed by atoms with Crippen LogP contribution in [0.1, 0.15) is 265 Å². The van der Waals surface area contributed by atoms with E-state index in [2.05, 4.69) is 57.2 Å². The van der Waals surface area contributed by atoms with E-state index >= 15 is 0 Å². The zero-order valence-electron chi connectivity index (χ0n) is 39.3. The largest absolute Gasteiger partial charge is 0.462 e. The standard InChI is InChI=1S/C53H96O6/c1-4-7-10-13-16-19-22-24-26-27-28-30-31-34-37-40-43-46-52(55)58-49-50(48-57-51(54)45-42-39-36-33-21-18-15-12-9-6-3)59-53(56)47-44-41-38-35-32-29-25-23-20-17-14-11-8-5-2/h16,19,24,26,28,30,50H,4-15,17-18,20-23,25,27,29,31-49H2,1-3H3/b19-16-,26-24-,30-28-/t50-/m1/s1. The second-order valence-electron chi connectivity index (χ2n) is 17.1. The van der Waals surface area contributed by atoms with Gasteiger partial charge in [0.2, 0.25) is 0 Å². The molecule has 0 saturated carbocycles. The molecule has 0 bridgehead atoms. The van der Waals surface area contributed by atoms with Crippen LogP contribution in [-0.2, 0) is 28.6 Å². The van der Waals surface area contributed by atoms with Crippen molar-refractivity contribution >= 4 is 17.9 Å². The Morgan fingerprint density at radius 3 is 0.983 bits per heavy atom. The molecule has 344 valence electrons. The Balaban J connectivity index is 4.36. The van der Waals surface area contributed by atoms with Gasteiger partial charge in [-0.05, 0) is 57.8 Å². The normalized spacial score (nSPS) is 12.3. The van der Waals surface area contributed by atoms with Gasteiger partial charge < -0.3 is 14.2 Å². The monoisotopic (exact) mass is 829 g/mol. The van der Waals surface area contributed by atoms with Crippen molar-refractivity contribution in [2.45, 2.75) is 271 Å². The maximum absolute atomic E-state index is 12.8. The summed E-state index contributed by atoms with van der Waals surface area (Å²) in [7, 11) is 0. The fraction of sp³-hybridized carbons (Fsp3) is 0.830. The van der Waals surface area contributed by atoms with E-state index < -0.39 is 6.10 Å². The smallest absolute Gasteiger partial charge is 0.306 e. The quantitative estimate of drug-likeness (QED) is 0.0263. The van der Waals surface area contributed by atoms with E-state index in [9.17, 15) is 14.4 Å². The van der Waals surface area contributed by atoms with Gasteiger partial charge in [0.1, 0.15) is 13.2 Å². The van der Waals surface area contributed by atoms with Gasteiger partial charge in [-0.1, -0.05) is 224 Å². The molecule has 59 heavy (non-hydrogen) atoms. The number of hydrogen-bond acceptors (Lipinski definition) is 6. The Morgan fingerprint density at radius 1 is 0.339 bits per heavy atom. The molecule has 0 aliphatic rings. The molecule has 0 fully saturated rings. The van der Waals surface area contributed by atoms with Gasteiger partial charge in [-0.25, -0.2) is 0 Å². The average molecular weight is 829 g/mol.